The Balaban J connectivity index is 3.08. The molecule has 1 heterocycles. The molecule has 0 aliphatic rings. The highest BCUT2D eigenvalue weighted by Crippen LogP contribution is 2.28. The van der Waals surface area contributed by atoms with Crippen molar-refractivity contribution in [1.29, 1.82) is 0 Å². The van der Waals surface area contributed by atoms with Crippen LogP contribution < -0.4 is 11.4 Å². The van der Waals surface area contributed by atoms with Crippen LogP contribution in [0.5, 0.6) is 0 Å². The Morgan fingerprint density at radius 3 is 2.55 bits per heavy atom. The molecule has 8 nitrogen and oxygen atoms in total. The summed E-state index contributed by atoms with van der Waals surface area (Å²) in [6.07, 6.45) is -6.23. The molecule has 10 heteroatoms. The van der Waals surface area contributed by atoms with Crippen LogP contribution in [0.1, 0.15) is 13.2 Å². The number of halogens is 2. The van der Waals surface area contributed by atoms with Crippen LogP contribution in [0.25, 0.3) is 0 Å². The molecule has 5 N–H and O–H groups in total. The lowest BCUT2D eigenvalue weighted by molar-refractivity contribution is -0.293. The van der Waals surface area contributed by atoms with E-state index in [9.17, 15) is 13.6 Å². The average molecular weight is 295 g/mol. The van der Waals surface area contributed by atoms with E-state index in [2.05, 4.69) is 4.98 Å². The highest BCUT2D eigenvalue weighted by Gasteiger charge is 2.49. The lowest BCUT2D eigenvalue weighted by Crippen LogP contribution is -2.55. The normalized spacial score (nSPS) is 16.4. The molecule has 1 aromatic rings. The zero-order chi connectivity index (χ0) is 15.5. The van der Waals surface area contributed by atoms with E-state index in [1.165, 1.54) is 13.0 Å². The fourth-order valence-electron chi connectivity index (χ4n) is 1.49. The van der Waals surface area contributed by atoms with Crippen molar-refractivity contribution >= 4 is 5.82 Å². The fourth-order valence-corrected chi connectivity index (χ4v) is 1.49. The van der Waals surface area contributed by atoms with Crippen molar-refractivity contribution in [2.24, 2.45) is 0 Å². The molecule has 1 aromatic heterocycles. The SMILES string of the molecule is C[C@@H](O[C@](CO)(C(O)O)C(F)F)n1ccc(N)nc1=O. The average Bonchev–Trinajstić information content (AvgIpc) is 2.34. The van der Waals surface area contributed by atoms with Gasteiger partial charge in [-0.3, -0.25) is 4.57 Å². The highest BCUT2D eigenvalue weighted by atomic mass is 19.3. The van der Waals surface area contributed by atoms with Crippen LogP contribution in [-0.2, 0) is 4.74 Å². The second kappa shape index (κ2) is 6.22. The largest absolute Gasteiger partial charge is 0.393 e. The first-order chi connectivity index (χ1) is 9.24. The number of nitrogens with zero attached hydrogens (tertiary/aromatic N) is 2. The molecule has 1 rings (SSSR count). The van der Waals surface area contributed by atoms with Gasteiger partial charge < -0.3 is 25.8 Å². The standard InChI is InChI=1S/C10H15F2N3O5/c1-5(15-3-2-6(13)14-9(15)19)20-10(4-16,7(11)12)8(17)18/h2-3,5,7-8,16-18H,4H2,1H3,(H2,13,14,19)/t5-,10+/m1/s1. The van der Waals surface area contributed by atoms with E-state index in [1.807, 2.05) is 0 Å². The summed E-state index contributed by atoms with van der Waals surface area (Å²) in [7, 11) is 0. The predicted molar refractivity (Wildman–Crippen MR) is 62.8 cm³/mol. The quantitative estimate of drug-likeness (QED) is 0.478. The first-order valence-electron chi connectivity index (χ1n) is 5.52. The number of nitrogen functional groups attached to an aromatic ring is 1. The van der Waals surface area contributed by atoms with E-state index >= 15 is 0 Å². The fraction of sp³-hybridized carbons (Fsp3) is 0.600. The van der Waals surface area contributed by atoms with Crippen molar-refractivity contribution in [3.8, 4) is 0 Å². The van der Waals surface area contributed by atoms with Gasteiger partial charge in [0.15, 0.2) is 6.29 Å². The van der Waals surface area contributed by atoms with Gasteiger partial charge in [0, 0.05) is 6.20 Å². The van der Waals surface area contributed by atoms with Gasteiger partial charge in [-0.15, -0.1) is 0 Å². The molecule has 0 aliphatic heterocycles. The van der Waals surface area contributed by atoms with E-state index in [1.54, 1.807) is 0 Å². The van der Waals surface area contributed by atoms with Crippen LogP contribution in [0.4, 0.5) is 14.6 Å². The molecule has 2 atom stereocenters. The van der Waals surface area contributed by atoms with Crippen molar-refractivity contribution in [3.05, 3.63) is 22.7 Å². The molecule has 0 saturated heterocycles. The number of hydrogen-bond donors (Lipinski definition) is 4. The number of hydrogen-bond acceptors (Lipinski definition) is 7. The van der Waals surface area contributed by atoms with E-state index in [4.69, 9.17) is 25.8 Å². The molecule has 114 valence electrons. The third kappa shape index (κ3) is 3.10. The van der Waals surface area contributed by atoms with Gasteiger partial charge in [-0.1, -0.05) is 0 Å². The highest BCUT2D eigenvalue weighted by molar-refractivity contribution is 5.23. The maximum atomic E-state index is 12.9. The maximum absolute atomic E-state index is 12.9. The van der Waals surface area contributed by atoms with E-state index < -0.39 is 36.8 Å². The second-order valence-corrected chi connectivity index (χ2v) is 4.05. The van der Waals surface area contributed by atoms with Crippen molar-refractivity contribution in [2.75, 3.05) is 12.3 Å². The maximum Gasteiger partial charge on any atom is 0.351 e. The Hall–Kier alpha value is -1.62. The molecule has 20 heavy (non-hydrogen) atoms. The molecule has 0 unspecified atom stereocenters. The smallest absolute Gasteiger partial charge is 0.351 e. The summed E-state index contributed by atoms with van der Waals surface area (Å²) in [5.41, 5.74) is 1.47. The number of aliphatic hydroxyl groups is 3. The summed E-state index contributed by atoms with van der Waals surface area (Å²) < 4.78 is 31.4. The van der Waals surface area contributed by atoms with Gasteiger partial charge in [-0.25, -0.2) is 13.6 Å². The molecule has 0 amide bonds. The van der Waals surface area contributed by atoms with Crippen LogP contribution in [0.15, 0.2) is 17.1 Å². The minimum absolute atomic E-state index is 0.0667. The van der Waals surface area contributed by atoms with E-state index in [0.29, 0.717) is 0 Å². The molecule has 0 aliphatic carbocycles. The van der Waals surface area contributed by atoms with Gasteiger partial charge >= 0.3 is 5.69 Å². The Kier molecular flexibility index (Phi) is 5.11. The molecular weight excluding hydrogens is 280 g/mol. The van der Waals surface area contributed by atoms with Crippen molar-refractivity contribution in [2.45, 2.75) is 31.5 Å². The summed E-state index contributed by atoms with van der Waals surface area (Å²) in [5.74, 6) is -0.0667. The first-order valence-corrected chi connectivity index (χ1v) is 5.52. The monoisotopic (exact) mass is 295 g/mol. The van der Waals surface area contributed by atoms with Gasteiger partial charge in [-0.05, 0) is 13.0 Å². The number of nitrogens with two attached hydrogens (primary N) is 1. The van der Waals surface area contributed by atoms with Crippen molar-refractivity contribution in [3.63, 3.8) is 0 Å². The summed E-state index contributed by atoms with van der Waals surface area (Å²) >= 11 is 0. The first kappa shape index (κ1) is 16.4. The van der Waals surface area contributed by atoms with Gasteiger partial charge in [-0.2, -0.15) is 4.98 Å². The molecule has 0 radical (unpaired) electrons. The topological polar surface area (TPSA) is 131 Å². The van der Waals surface area contributed by atoms with E-state index in [-0.39, 0.29) is 5.82 Å². The van der Waals surface area contributed by atoms with Gasteiger partial charge in [0.2, 0.25) is 5.60 Å². The predicted octanol–water partition coefficient (Wildman–Crippen LogP) is -1.33. The molecular formula is C10H15F2N3O5. The van der Waals surface area contributed by atoms with Crippen molar-refractivity contribution in [1.82, 2.24) is 9.55 Å². The molecule has 0 spiro atoms. The molecule has 0 fully saturated rings. The zero-order valence-corrected chi connectivity index (χ0v) is 10.5. The Bertz CT molecular complexity index is 500. The van der Waals surface area contributed by atoms with Crippen LogP contribution >= 0.6 is 0 Å². The minimum atomic E-state index is -3.40. The van der Waals surface area contributed by atoms with Crippen LogP contribution in [0.3, 0.4) is 0 Å². The number of aromatic nitrogens is 2. The number of aliphatic hydroxyl groups excluding tert-OH is 2. The lowest BCUT2D eigenvalue weighted by Gasteiger charge is -2.35. The van der Waals surface area contributed by atoms with Crippen LogP contribution in [-0.4, -0.2) is 49.8 Å². The van der Waals surface area contributed by atoms with Crippen LogP contribution in [0.2, 0.25) is 0 Å². The molecule has 0 aromatic carbocycles. The zero-order valence-electron chi connectivity index (χ0n) is 10.5. The summed E-state index contributed by atoms with van der Waals surface area (Å²) in [5, 5.41) is 27.0. The second-order valence-electron chi connectivity index (χ2n) is 4.05. The lowest BCUT2D eigenvalue weighted by atomic mass is 10.1. The molecule has 0 bridgehead atoms. The van der Waals surface area contributed by atoms with Gasteiger partial charge in [0.25, 0.3) is 6.43 Å². The summed E-state index contributed by atoms with van der Waals surface area (Å²) in [6.45, 7) is -0.154. The van der Waals surface area contributed by atoms with Gasteiger partial charge in [0.05, 0.1) is 6.61 Å². The summed E-state index contributed by atoms with van der Waals surface area (Å²) in [4.78, 5) is 14.9. The number of alkyl halides is 2. The van der Waals surface area contributed by atoms with Gasteiger partial charge in [0.1, 0.15) is 12.0 Å². The third-order valence-electron chi connectivity index (χ3n) is 2.69. The Morgan fingerprint density at radius 1 is 1.55 bits per heavy atom. The Morgan fingerprint density at radius 2 is 2.15 bits per heavy atom. The number of rotatable bonds is 6. The minimum Gasteiger partial charge on any atom is -0.393 e. The van der Waals surface area contributed by atoms with Crippen LogP contribution in [0, 0.1) is 0 Å². The number of anilines is 1. The van der Waals surface area contributed by atoms with Crippen molar-refractivity contribution < 1.29 is 28.8 Å². The third-order valence-corrected chi connectivity index (χ3v) is 2.69. The number of ether oxygens (including phenoxy) is 1. The van der Waals surface area contributed by atoms with E-state index in [0.717, 1.165) is 10.8 Å². The Labute approximate surface area is 112 Å². The summed E-state index contributed by atoms with van der Waals surface area (Å²) in [6, 6.07) is 1.24. The molecule has 0 saturated carbocycles.